The smallest absolute Gasteiger partial charge is 0.243 e. The van der Waals surface area contributed by atoms with Gasteiger partial charge in [0.2, 0.25) is 15.9 Å². The molecule has 2 aliphatic heterocycles. The summed E-state index contributed by atoms with van der Waals surface area (Å²) >= 11 is 0. The minimum Gasteiger partial charge on any atom is -0.353 e. The Morgan fingerprint density at radius 3 is 2.37 bits per heavy atom. The number of nitrogens with zero attached hydrogens (tertiary/aromatic N) is 4. The van der Waals surface area contributed by atoms with Gasteiger partial charge in [-0.25, -0.2) is 8.42 Å². The molecule has 1 aromatic carbocycles. The first-order chi connectivity index (χ1) is 14.4. The van der Waals surface area contributed by atoms with E-state index in [2.05, 4.69) is 15.5 Å². The number of amides is 1. The van der Waals surface area contributed by atoms with E-state index in [1.807, 2.05) is 43.3 Å². The molecule has 8 heteroatoms. The Morgan fingerprint density at radius 1 is 1.03 bits per heavy atom. The normalized spacial score (nSPS) is 21.3. The number of rotatable bonds is 5. The summed E-state index contributed by atoms with van der Waals surface area (Å²) in [7, 11) is -1.47. The van der Waals surface area contributed by atoms with Crippen LogP contribution in [0.2, 0.25) is 0 Å². The second-order valence-corrected chi connectivity index (χ2v) is 10.2. The van der Waals surface area contributed by atoms with E-state index in [0.717, 1.165) is 24.9 Å². The van der Waals surface area contributed by atoms with Crippen molar-refractivity contribution in [3.8, 4) is 0 Å². The summed E-state index contributed by atoms with van der Waals surface area (Å²) in [6.45, 7) is 4.79. The van der Waals surface area contributed by atoms with Crippen LogP contribution in [0.5, 0.6) is 0 Å². The van der Waals surface area contributed by atoms with Crippen molar-refractivity contribution >= 4 is 15.9 Å². The summed E-state index contributed by atoms with van der Waals surface area (Å²) in [5, 5.41) is 0. The fourth-order valence-electron chi connectivity index (χ4n) is 4.48. The van der Waals surface area contributed by atoms with E-state index in [4.69, 9.17) is 0 Å². The van der Waals surface area contributed by atoms with Crippen LogP contribution in [-0.2, 0) is 21.9 Å². The van der Waals surface area contributed by atoms with E-state index >= 15 is 0 Å². The molecule has 1 atom stereocenters. The fraction of sp³-hybridized carbons (Fsp3) is 0.500. The average molecular weight is 431 g/mol. The third-order valence-corrected chi connectivity index (χ3v) is 8.19. The lowest BCUT2D eigenvalue weighted by Gasteiger charge is -2.35. The molecule has 0 radical (unpaired) electrons. The summed E-state index contributed by atoms with van der Waals surface area (Å²) in [6.07, 6.45) is 4.20. The molecule has 0 spiro atoms. The van der Waals surface area contributed by atoms with Gasteiger partial charge in [-0.15, -0.1) is 0 Å². The Balaban J connectivity index is 1.35. The van der Waals surface area contributed by atoms with Crippen LogP contribution < -0.4 is 0 Å². The number of hydrogen-bond acceptors (Lipinski definition) is 4. The first kappa shape index (κ1) is 21.1. The van der Waals surface area contributed by atoms with Crippen LogP contribution in [0, 0.1) is 6.92 Å². The highest BCUT2D eigenvalue weighted by Gasteiger charge is 2.33. The lowest BCUT2D eigenvalue weighted by molar-refractivity contribution is -0.133. The van der Waals surface area contributed by atoms with E-state index in [0.29, 0.717) is 37.6 Å². The van der Waals surface area contributed by atoms with Crippen LogP contribution in [0.25, 0.3) is 0 Å². The zero-order chi connectivity index (χ0) is 21.3. The van der Waals surface area contributed by atoms with Gasteiger partial charge >= 0.3 is 0 Å². The van der Waals surface area contributed by atoms with Gasteiger partial charge in [-0.2, -0.15) is 4.31 Å². The molecule has 3 heterocycles. The van der Waals surface area contributed by atoms with Crippen molar-refractivity contribution in [1.29, 1.82) is 0 Å². The third kappa shape index (κ3) is 4.17. The molecule has 0 unspecified atom stereocenters. The molecular weight excluding hydrogens is 400 g/mol. The number of likely N-dealkylation sites (tertiary alicyclic amines) is 1. The molecule has 30 heavy (non-hydrogen) atoms. The molecule has 2 aromatic rings. The molecule has 0 N–H and O–H groups in total. The quantitative estimate of drug-likeness (QED) is 0.728. The predicted molar refractivity (Wildman–Crippen MR) is 115 cm³/mol. The van der Waals surface area contributed by atoms with Gasteiger partial charge in [0.25, 0.3) is 0 Å². The zero-order valence-corrected chi connectivity index (χ0v) is 18.5. The first-order valence-corrected chi connectivity index (χ1v) is 12.0. The molecule has 1 amide bonds. The van der Waals surface area contributed by atoms with Crippen molar-refractivity contribution in [1.82, 2.24) is 18.7 Å². The molecule has 2 saturated heterocycles. The Labute approximate surface area is 178 Å². The monoisotopic (exact) mass is 430 g/mol. The number of hydrogen-bond donors (Lipinski definition) is 0. The third-order valence-electron chi connectivity index (χ3n) is 6.28. The number of piperazine rings is 1. The van der Waals surface area contributed by atoms with Gasteiger partial charge in [0.05, 0.1) is 17.5 Å². The van der Waals surface area contributed by atoms with Gasteiger partial charge in [-0.3, -0.25) is 9.69 Å². The van der Waals surface area contributed by atoms with Crippen LogP contribution >= 0.6 is 0 Å². The first-order valence-electron chi connectivity index (χ1n) is 10.6. The van der Waals surface area contributed by atoms with Gasteiger partial charge < -0.3 is 9.47 Å². The zero-order valence-electron chi connectivity index (χ0n) is 17.7. The number of carbonyl (C=O) groups is 1. The molecule has 2 aliphatic rings. The molecule has 7 nitrogen and oxygen atoms in total. The number of benzene rings is 1. The molecule has 4 rings (SSSR count). The van der Waals surface area contributed by atoms with E-state index in [9.17, 15) is 13.2 Å². The van der Waals surface area contributed by atoms with Gasteiger partial charge in [-0.1, -0.05) is 17.7 Å². The van der Waals surface area contributed by atoms with Crippen molar-refractivity contribution in [3.63, 3.8) is 0 Å². The minimum atomic E-state index is -3.51. The van der Waals surface area contributed by atoms with Gasteiger partial charge in [-0.05, 0) is 50.6 Å². The molecule has 0 bridgehead atoms. The maximum atomic E-state index is 12.9. The highest BCUT2D eigenvalue weighted by atomic mass is 32.2. The van der Waals surface area contributed by atoms with Gasteiger partial charge in [0.1, 0.15) is 0 Å². The lowest BCUT2D eigenvalue weighted by atomic mass is 10.1. The second kappa shape index (κ2) is 8.53. The molecule has 0 aliphatic carbocycles. The highest BCUT2D eigenvalue weighted by Crippen LogP contribution is 2.31. The maximum absolute atomic E-state index is 12.9. The summed E-state index contributed by atoms with van der Waals surface area (Å²) in [5.41, 5.74) is 2.27. The largest absolute Gasteiger partial charge is 0.353 e. The molecular formula is C22H30N4O3S. The Bertz CT molecular complexity index is 992. The molecule has 2 fully saturated rings. The van der Waals surface area contributed by atoms with Crippen LogP contribution in [0.3, 0.4) is 0 Å². The van der Waals surface area contributed by atoms with Crippen LogP contribution in [0.15, 0.2) is 47.5 Å². The van der Waals surface area contributed by atoms with Crippen LogP contribution in [0.4, 0.5) is 0 Å². The average Bonchev–Trinajstić information content (AvgIpc) is 3.36. The fourth-order valence-corrected chi connectivity index (χ4v) is 5.90. The molecule has 1 aromatic heterocycles. The number of carbonyl (C=O) groups excluding carboxylic acids is 1. The van der Waals surface area contributed by atoms with Crippen molar-refractivity contribution < 1.29 is 13.2 Å². The van der Waals surface area contributed by atoms with Crippen LogP contribution in [-0.4, -0.2) is 72.3 Å². The maximum Gasteiger partial charge on any atom is 0.243 e. The SMILES string of the molecule is Cc1ccc(S(=O)(=O)N2CCN(C(=O)CN3CCC[C@@H]3c3cccn3C)CC2)cc1. The van der Waals surface area contributed by atoms with Gasteiger partial charge in [0, 0.05) is 45.1 Å². The topological polar surface area (TPSA) is 65.9 Å². The summed E-state index contributed by atoms with van der Waals surface area (Å²) in [4.78, 5) is 17.3. The minimum absolute atomic E-state index is 0.0866. The number of aromatic nitrogens is 1. The van der Waals surface area contributed by atoms with Crippen molar-refractivity contribution in [3.05, 3.63) is 53.9 Å². The van der Waals surface area contributed by atoms with Crippen molar-refractivity contribution in [2.75, 3.05) is 39.3 Å². The van der Waals surface area contributed by atoms with E-state index in [-0.39, 0.29) is 11.9 Å². The summed E-state index contributed by atoms with van der Waals surface area (Å²) in [6, 6.07) is 11.4. The molecule has 162 valence electrons. The number of aryl methyl sites for hydroxylation is 2. The van der Waals surface area contributed by atoms with E-state index in [1.165, 1.54) is 10.00 Å². The standard InChI is InChI=1S/C22H30N4O3S/c1-18-7-9-19(10-8-18)30(28,29)26-15-13-24(14-16-26)22(27)17-25-12-4-6-21(25)20-5-3-11-23(20)2/h3,5,7-11,21H,4,6,12-17H2,1-2H3/t21-/m1/s1. The van der Waals surface area contributed by atoms with Gasteiger partial charge in [0.15, 0.2) is 0 Å². The van der Waals surface area contributed by atoms with E-state index < -0.39 is 10.0 Å². The second-order valence-electron chi connectivity index (χ2n) is 8.27. The number of sulfonamides is 1. The Kier molecular flexibility index (Phi) is 5.99. The molecule has 0 saturated carbocycles. The van der Waals surface area contributed by atoms with Crippen LogP contribution in [0.1, 0.15) is 30.1 Å². The highest BCUT2D eigenvalue weighted by molar-refractivity contribution is 7.89. The van der Waals surface area contributed by atoms with Crippen molar-refractivity contribution in [2.45, 2.75) is 30.7 Å². The summed E-state index contributed by atoms with van der Waals surface area (Å²) < 4.78 is 29.4. The Hall–Kier alpha value is -2.16. The lowest BCUT2D eigenvalue weighted by Crippen LogP contribution is -2.52. The predicted octanol–water partition coefficient (Wildman–Crippen LogP) is 2.00. The van der Waals surface area contributed by atoms with E-state index in [1.54, 1.807) is 12.1 Å². The Morgan fingerprint density at radius 2 is 1.73 bits per heavy atom. The van der Waals surface area contributed by atoms with Crippen molar-refractivity contribution in [2.24, 2.45) is 7.05 Å². The summed E-state index contributed by atoms with van der Waals surface area (Å²) in [5.74, 6) is 0.0866.